The Kier molecular flexibility index (Phi) is 18.7. The summed E-state index contributed by atoms with van der Waals surface area (Å²) in [7, 11) is 0. The molecule has 0 saturated heterocycles. The van der Waals surface area contributed by atoms with E-state index in [1.165, 1.54) is 96.3 Å². The maximum Gasteiger partial charge on any atom is -0.0105 e. The quantitative estimate of drug-likeness (QED) is 0.0983. The van der Waals surface area contributed by atoms with Crippen LogP contribution in [0, 0.1) is 62.1 Å². The van der Waals surface area contributed by atoms with Crippen LogP contribution < -0.4 is 0 Å². The zero-order valence-corrected chi connectivity index (χ0v) is 35.5. The Morgan fingerprint density at radius 2 is 1.04 bits per heavy atom. The van der Waals surface area contributed by atoms with Crippen molar-refractivity contribution in [3.8, 4) is 0 Å². The van der Waals surface area contributed by atoms with Crippen molar-refractivity contribution < 1.29 is 0 Å². The van der Waals surface area contributed by atoms with E-state index in [0.717, 1.165) is 5.92 Å². The summed E-state index contributed by atoms with van der Waals surface area (Å²) in [5.74, 6) is 3.43. The van der Waals surface area contributed by atoms with Crippen molar-refractivity contribution in [2.24, 2.45) is 62.1 Å². The smallest absolute Gasteiger partial charge is 0.0105 e. The highest BCUT2D eigenvalue weighted by molar-refractivity contribution is 5.21. The maximum atomic E-state index is 2.77. The lowest BCUT2D eigenvalue weighted by Crippen LogP contribution is -2.71. The highest BCUT2D eigenvalue weighted by Crippen LogP contribution is 2.80. The fourth-order valence-corrected chi connectivity index (χ4v) is 12.8. The van der Waals surface area contributed by atoms with Crippen LogP contribution in [0.2, 0.25) is 0 Å². The highest BCUT2D eigenvalue weighted by atomic mass is 14.8. The minimum atomic E-state index is 0.168. The van der Waals surface area contributed by atoms with Gasteiger partial charge < -0.3 is 0 Å². The second kappa shape index (κ2) is 18.7. The Bertz CT molecular complexity index is 773. The van der Waals surface area contributed by atoms with E-state index in [2.05, 4.69) is 132 Å². The van der Waals surface area contributed by atoms with Crippen LogP contribution in [0.1, 0.15) is 228 Å². The molecule has 0 heteroatoms. The first kappa shape index (κ1) is 45.0. The van der Waals surface area contributed by atoms with E-state index >= 15 is 0 Å². The van der Waals surface area contributed by atoms with Gasteiger partial charge in [0.15, 0.2) is 0 Å². The van der Waals surface area contributed by atoms with Crippen LogP contribution in [-0.4, -0.2) is 0 Å². The molecule has 0 rings (SSSR count). The molecule has 0 bridgehead atoms. The Morgan fingerprint density at radius 1 is 0.511 bits per heavy atom. The largest absolute Gasteiger partial charge is 0.0654 e. The molecule has 0 N–H and O–H groups in total. The molecule has 0 radical (unpaired) electrons. The average Bonchev–Trinajstić information content (AvgIpc) is 2.90. The van der Waals surface area contributed by atoms with E-state index in [0.29, 0.717) is 29.1 Å². The van der Waals surface area contributed by atoms with Crippen molar-refractivity contribution in [3.05, 3.63) is 0 Å². The standard InChI is InChI=1S/C45H92/c1-20-25-27-30-42(32-28-35(6)7,34-40(14,15)16)45(39(13)24-5,41(17,18)19)43(31-26-21-2,33-36(8)9)44(29-22-3,37(10)11)38(12)23-4/h35-39H,20-34H2,1-19H3. The third kappa shape index (κ3) is 9.58. The monoisotopic (exact) mass is 633 g/mol. The van der Waals surface area contributed by atoms with Crippen LogP contribution in [-0.2, 0) is 0 Å². The van der Waals surface area contributed by atoms with Crippen LogP contribution in [0.25, 0.3) is 0 Å². The summed E-state index contributed by atoms with van der Waals surface area (Å²) in [6.45, 7) is 49.5. The third-order valence-electron chi connectivity index (χ3n) is 13.2. The van der Waals surface area contributed by atoms with Gasteiger partial charge in [0, 0.05) is 0 Å². The molecule has 0 aromatic carbocycles. The molecule has 0 fully saturated rings. The van der Waals surface area contributed by atoms with E-state index in [1.54, 1.807) is 0 Å². The van der Waals surface area contributed by atoms with Crippen LogP contribution >= 0.6 is 0 Å². The second-order valence-corrected chi connectivity index (χ2v) is 19.8. The average molecular weight is 633 g/mol. The Morgan fingerprint density at radius 3 is 1.40 bits per heavy atom. The summed E-state index contributed by atoms with van der Waals surface area (Å²) < 4.78 is 0. The summed E-state index contributed by atoms with van der Waals surface area (Å²) in [6.07, 6.45) is 20.2. The number of hydrogen-bond donors (Lipinski definition) is 0. The molecule has 6 unspecified atom stereocenters. The van der Waals surface area contributed by atoms with E-state index in [1.807, 2.05) is 0 Å². The third-order valence-corrected chi connectivity index (χ3v) is 13.2. The lowest BCUT2D eigenvalue weighted by molar-refractivity contribution is -0.291. The van der Waals surface area contributed by atoms with Crippen molar-refractivity contribution in [3.63, 3.8) is 0 Å². The summed E-state index contributed by atoms with van der Waals surface area (Å²) in [6, 6.07) is 0. The van der Waals surface area contributed by atoms with Crippen molar-refractivity contribution in [2.75, 3.05) is 0 Å². The van der Waals surface area contributed by atoms with E-state index < -0.39 is 0 Å². The van der Waals surface area contributed by atoms with Crippen LogP contribution in [0.15, 0.2) is 0 Å². The fourth-order valence-electron chi connectivity index (χ4n) is 12.8. The number of rotatable bonds is 23. The molecule has 0 aliphatic heterocycles. The highest BCUT2D eigenvalue weighted by Gasteiger charge is 2.73. The molecule has 272 valence electrons. The second-order valence-electron chi connectivity index (χ2n) is 19.8. The van der Waals surface area contributed by atoms with Crippen molar-refractivity contribution >= 4 is 0 Å². The molecule has 0 aromatic heterocycles. The molecule has 0 amide bonds. The number of hydrogen-bond acceptors (Lipinski definition) is 0. The van der Waals surface area contributed by atoms with Gasteiger partial charge in [-0.2, -0.15) is 0 Å². The molecule has 0 aliphatic rings. The first-order valence-electron chi connectivity index (χ1n) is 20.6. The Balaban J connectivity index is 9.31. The molecule has 0 aliphatic carbocycles. The molecule has 0 spiro atoms. The van der Waals surface area contributed by atoms with Crippen LogP contribution in [0.4, 0.5) is 0 Å². The predicted octanol–water partition coefficient (Wildman–Crippen LogP) is 16.2. The molecule has 6 atom stereocenters. The SMILES string of the molecule is CCCCCC(CCC(C)C)(CC(C)(C)C)C(C(C)CC)(C(C)(C)C)C(CCCC)(CC(C)C)C(CCC)(C(C)C)C(C)CC. The molecule has 0 saturated carbocycles. The van der Waals surface area contributed by atoms with Gasteiger partial charge in [-0.05, 0) is 101 Å². The molecule has 45 heavy (non-hydrogen) atoms. The minimum absolute atomic E-state index is 0.168. The van der Waals surface area contributed by atoms with Gasteiger partial charge in [0.05, 0.1) is 0 Å². The molecule has 0 heterocycles. The normalized spacial score (nSPS) is 20.1. The summed E-state index contributed by atoms with van der Waals surface area (Å²) in [5, 5.41) is 0. The van der Waals surface area contributed by atoms with Gasteiger partial charge in [-0.15, -0.1) is 0 Å². The minimum Gasteiger partial charge on any atom is -0.0654 e. The molecular formula is C45H92. The first-order chi connectivity index (χ1) is 20.6. The van der Waals surface area contributed by atoms with E-state index in [-0.39, 0.29) is 27.1 Å². The van der Waals surface area contributed by atoms with E-state index in [4.69, 9.17) is 0 Å². The van der Waals surface area contributed by atoms with Gasteiger partial charge in [-0.1, -0.05) is 189 Å². The summed E-state index contributed by atoms with van der Waals surface area (Å²) in [5.41, 5.74) is 1.45. The van der Waals surface area contributed by atoms with Gasteiger partial charge >= 0.3 is 0 Å². The first-order valence-corrected chi connectivity index (χ1v) is 20.6. The lowest BCUT2D eigenvalue weighted by atomic mass is 9.27. The van der Waals surface area contributed by atoms with Gasteiger partial charge in [-0.3, -0.25) is 0 Å². The predicted molar refractivity (Wildman–Crippen MR) is 209 cm³/mol. The van der Waals surface area contributed by atoms with Crippen LogP contribution in [0.5, 0.6) is 0 Å². The summed E-state index contributed by atoms with van der Waals surface area (Å²) in [4.78, 5) is 0. The molecule has 0 nitrogen and oxygen atoms in total. The fraction of sp³-hybridized carbons (Fsp3) is 1.00. The van der Waals surface area contributed by atoms with Crippen molar-refractivity contribution in [1.82, 2.24) is 0 Å². The topological polar surface area (TPSA) is 0 Å². The Labute approximate surface area is 289 Å². The lowest BCUT2D eigenvalue weighted by Gasteiger charge is -2.77. The Hall–Kier alpha value is 0. The van der Waals surface area contributed by atoms with Crippen LogP contribution in [0.3, 0.4) is 0 Å². The van der Waals surface area contributed by atoms with Gasteiger partial charge in [0.25, 0.3) is 0 Å². The zero-order chi connectivity index (χ0) is 35.5. The van der Waals surface area contributed by atoms with E-state index in [9.17, 15) is 0 Å². The molecule has 0 aromatic rings. The maximum absolute atomic E-state index is 2.77. The molecular weight excluding hydrogens is 540 g/mol. The number of unbranched alkanes of at least 4 members (excludes halogenated alkanes) is 3. The van der Waals surface area contributed by atoms with Gasteiger partial charge in [0.1, 0.15) is 0 Å². The van der Waals surface area contributed by atoms with Gasteiger partial charge in [-0.25, -0.2) is 0 Å². The van der Waals surface area contributed by atoms with Crippen molar-refractivity contribution in [1.29, 1.82) is 0 Å². The van der Waals surface area contributed by atoms with Crippen molar-refractivity contribution in [2.45, 2.75) is 228 Å². The zero-order valence-electron chi connectivity index (χ0n) is 35.5. The van der Waals surface area contributed by atoms with Gasteiger partial charge in [0.2, 0.25) is 0 Å². The summed E-state index contributed by atoms with van der Waals surface area (Å²) >= 11 is 0.